The van der Waals surface area contributed by atoms with E-state index in [9.17, 15) is 9.90 Å². The number of aliphatic hydroxyl groups excluding tert-OH is 1. The molecule has 1 atom stereocenters. The molecule has 1 aliphatic carbocycles. The quantitative estimate of drug-likeness (QED) is 0.891. The van der Waals surface area contributed by atoms with E-state index in [1.54, 1.807) is 4.57 Å². The largest absolute Gasteiger partial charge is 0.490 e. The second kappa shape index (κ2) is 7.50. The SMILES string of the molecule is O=c1cc(CO)n2c(n1)O[C@H](COc1ccc(C3CCCCC3)cc1)C2. The Bertz CT molecular complexity index is 810. The molecule has 1 N–H and O–H groups in total. The summed E-state index contributed by atoms with van der Waals surface area (Å²) in [5, 5.41) is 9.38. The molecule has 0 bridgehead atoms. The van der Waals surface area contributed by atoms with Crippen LogP contribution in [-0.4, -0.2) is 27.4 Å². The normalized spacial score (nSPS) is 19.8. The van der Waals surface area contributed by atoms with Crippen LogP contribution in [0.5, 0.6) is 11.8 Å². The molecular formula is C20H24N2O4. The number of nitrogens with zero attached hydrogens (tertiary/aromatic N) is 2. The molecular weight excluding hydrogens is 332 g/mol. The maximum atomic E-state index is 11.5. The molecule has 0 amide bonds. The van der Waals surface area contributed by atoms with Crippen LogP contribution in [0, 0.1) is 0 Å². The zero-order chi connectivity index (χ0) is 17.9. The lowest BCUT2D eigenvalue weighted by molar-refractivity contribution is 0.143. The molecule has 4 rings (SSSR count). The van der Waals surface area contributed by atoms with Crippen LogP contribution < -0.4 is 15.0 Å². The van der Waals surface area contributed by atoms with Crippen LogP contribution in [0.15, 0.2) is 35.1 Å². The summed E-state index contributed by atoms with van der Waals surface area (Å²) in [4.78, 5) is 15.4. The Balaban J connectivity index is 1.35. The maximum Gasteiger partial charge on any atom is 0.300 e. The molecule has 2 heterocycles. The van der Waals surface area contributed by atoms with Gasteiger partial charge in [0.25, 0.3) is 5.56 Å². The number of rotatable bonds is 5. The van der Waals surface area contributed by atoms with Crippen molar-refractivity contribution in [1.82, 2.24) is 9.55 Å². The molecule has 138 valence electrons. The average Bonchev–Trinajstić information content (AvgIpc) is 3.09. The Morgan fingerprint density at radius 1 is 1.19 bits per heavy atom. The highest BCUT2D eigenvalue weighted by Gasteiger charge is 2.26. The Morgan fingerprint density at radius 2 is 1.96 bits per heavy atom. The van der Waals surface area contributed by atoms with Crippen molar-refractivity contribution in [2.75, 3.05) is 6.61 Å². The Labute approximate surface area is 152 Å². The van der Waals surface area contributed by atoms with Gasteiger partial charge in [0.05, 0.1) is 18.8 Å². The summed E-state index contributed by atoms with van der Waals surface area (Å²) in [6.07, 6.45) is 6.36. The third kappa shape index (κ3) is 3.60. The number of benzene rings is 1. The van der Waals surface area contributed by atoms with Crippen molar-refractivity contribution in [2.45, 2.75) is 57.3 Å². The van der Waals surface area contributed by atoms with Gasteiger partial charge in [-0.25, -0.2) is 0 Å². The molecule has 26 heavy (non-hydrogen) atoms. The fourth-order valence-corrected chi connectivity index (χ4v) is 3.88. The molecule has 2 aliphatic rings. The number of ether oxygens (including phenoxy) is 2. The topological polar surface area (TPSA) is 73.6 Å². The summed E-state index contributed by atoms with van der Waals surface area (Å²) in [7, 11) is 0. The first kappa shape index (κ1) is 17.1. The van der Waals surface area contributed by atoms with Crippen LogP contribution in [0.25, 0.3) is 0 Å². The highest BCUT2D eigenvalue weighted by atomic mass is 16.6. The van der Waals surface area contributed by atoms with Gasteiger partial charge in [-0.3, -0.25) is 9.36 Å². The van der Waals surface area contributed by atoms with Crippen molar-refractivity contribution in [2.24, 2.45) is 0 Å². The van der Waals surface area contributed by atoms with Crippen molar-refractivity contribution in [1.29, 1.82) is 0 Å². The first-order valence-electron chi connectivity index (χ1n) is 9.34. The lowest BCUT2D eigenvalue weighted by Crippen LogP contribution is -2.23. The van der Waals surface area contributed by atoms with Crippen LogP contribution in [0.1, 0.15) is 49.3 Å². The van der Waals surface area contributed by atoms with Crippen LogP contribution in [0.3, 0.4) is 0 Å². The first-order valence-corrected chi connectivity index (χ1v) is 9.34. The van der Waals surface area contributed by atoms with Crippen LogP contribution in [0.4, 0.5) is 0 Å². The zero-order valence-corrected chi connectivity index (χ0v) is 14.8. The molecule has 1 saturated carbocycles. The van der Waals surface area contributed by atoms with Gasteiger partial charge in [-0.05, 0) is 36.5 Å². The van der Waals surface area contributed by atoms with Gasteiger partial charge in [-0.2, -0.15) is 4.98 Å². The van der Waals surface area contributed by atoms with Crippen LogP contribution >= 0.6 is 0 Å². The Kier molecular flexibility index (Phi) is 4.93. The lowest BCUT2D eigenvalue weighted by Gasteiger charge is -2.22. The molecule has 6 nitrogen and oxygen atoms in total. The molecule has 1 aliphatic heterocycles. The van der Waals surface area contributed by atoms with E-state index in [2.05, 4.69) is 17.1 Å². The highest BCUT2D eigenvalue weighted by molar-refractivity contribution is 5.29. The Hall–Kier alpha value is -2.34. The monoisotopic (exact) mass is 356 g/mol. The van der Waals surface area contributed by atoms with Gasteiger partial charge in [0.1, 0.15) is 12.4 Å². The van der Waals surface area contributed by atoms with Crippen molar-refractivity contribution in [3.05, 3.63) is 51.9 Å². The van der Waals surface area contributed by atoms with E-state index in [1.165, 1.54) is 43.7 Å². The van der Waals surface area contributed by atoms with E-state index in [-0.39, 0.29) is 18.7 Å². The Morgan fingerprint density at radius 3 is 2.69 bits per heavy atom. The van der Waals surface area contributed by atoms with Gasteiger partial charge in [-0.15, -0.1) is 0 Å². The molecule has 1 fully saturated rings. The number of hydrogen-bond donors (Lipinski definition) is 1. The molecule has 6 heteroatoms. The van der Waals surface area contributed by atoms with E-state index in [4.69, 9.17) is 9.47 Å². The van der Waals surface area contributed by atoms with Gasteiger partial charge in [0.15, 0.2) is 6.10 Å². The van der Waals surface area contributed by atoms with Crippen molar-refractivity contribution in [3.63, 3.8) is 0 Å². The predicted octanol–water partition coefficient (Wildman–Crippen LogP) is 2.62. The molecule has 0 spiro atoms. The molecule has 2 aromatic rings. The third-order valence-corrected chi connectivity index (χ3v) is 5.29. The van der Waals surface area contributed by atoms with Gasteiger partial charge in [-0.1, -0.05) is 31.4 Å². The minimum absolute atomic E-state index is 0.218. The summed E-state index contributed by atoms with van der Waals surface area (Å²) in [5.74, 6) is 1.50. The van der Waals surface area contributed by atoms with Crippen LogP contribution in [0.2, 0.25) is 0 Å². The summed E-state index contributed by atoms with van der Waals surface area (Å²) in [5.41, 5.74) is 1.51. The summed E-state index contributed by atoms with van der Waals surface area (Å²) in [6, 6.07) is 9.96. The standard InChI is InChI=1S/C20H24N2O4/c23-12-16-10-19(24)21-20-22(16)11-18(26-20)13-25-17-8-6-15(7-9-17)14-4-2-1-3-5-14/h6-10,14,18,23H,1-5,11-13H2/t18-/m0/s1. The van der Waals surface area contributed by atoms with E-state index in [0.717, 1.165) is 5.75 Å². The van der Waals surface area contributed by atoms with E-state index < -0.39 is 5.56 Å². The molecule has 1 aromatic heterocycles. The number of hydrogen-bond acceptors (Lipinski definition) is 5. The minimum Gasteiger partial charge on any atom is -0.490 e. The number of fused-ring (bicyclic) bond motifs is 1. The zero-order valence-electron chi connectivity index (χ0n) is 14.8. The summed E-state index contributed by atoms with van der Waals surface area (Å²) >= 11 is 0. The molecule has 0 saturated heterocycles. The molecule has 0 unspecified atom stereocenters. The summed E-state index contributed by atoms with van der Waals surface area (Å²) in [6.45, 7) is 0.661. The molecule has 0 radical (unpaired) electrons. The molecule has 1 aromatic carbocycles. The summed E-state index contributed by atoms with van der Waals surface area (Å²) < 4.78 is 13.3. The maximum absolute atomic E-state index is 11.5. The highest BCUT2D eigenvalue weighted by Crippen LogP contribution is 2.33. The van der Waals surface area contributed by atoms with Crippen molar-refractivity contribution in [3.8, 4) is 11.8 Å². The van der Waals surface area contributed by atoms with E-state index >= 15 is 0 Å². The fourth-order valence-electron chi connectivity index (χ4n) is 3.88. The first-order chi connectivity index (χ1) is 12.7. The number of aliphatic hydroxyl groups is 1. The van der Waals surface area contributed by atoms with Gasteiger partial charge >= 0.3 is 6.01 Å². The van der Waals surface area contributed by atoms with E-state index in [0.29, 0.717) is 24.8 Å². The fraction of sp³-hybridized carbons (Fsp3) is 0.500. The second-order valence-corrected chi connectivity index (χ2v) is 7.09. The van der Waals surface area contributed by atoms with E-state index in [1.807, 2.05) is 12.1 Å². The van der Waals surface area contributed by atoms with Gasteiger partial charge in [0, 0.05) is 6.07 Å². The van der Waals surface area contributed by atoms with Gasteiger partial charge < -0.3 is 14.6 Å². The third-order valence-electron chi connectivity index (χ3n) is 5.29. The van der Waals surface area contributed by atoms with Crippen LogP contribution in [-0.2, 0) is 13.2 Å². The minimum atomic E-state index is -0.403. The van der Waals surface area contributed by atoms with Crippen molar-refractivity contribution >= 4 is 0 Å². The van der Waals surface area contributed by atoms with Gasteiger partial charge in [0.2, 0.25) is 0 Å². The lowest BCUT2D eigenvalue weighted by atomic mass is 9.84. The predicted molar refractivity (Wildman–Crippen MR) is 96.6 cm³/mol. The smallest absolute Gasteiger partial charge is 0.300 e. The second-order valence-electron chi connectivity index (χ2n) is 7.09. The average molecular weight is 356 g/mol. The number of aromatic nitrogens is 2. The van der Waals surface area contributed by atoms with Crippen molar-refractivity contribution < 1.29 is 14.6 Å².